The summed E-state index contributed by atoms with van der Waals surface area (Å²) in [6, 6.07) is 5.31. The van der Waals surface area contributed by atoms with E-state index in [0.29, 0.717) is 22.4 Å². The molecule has 0 bridgehead atoms. The monoisotopic (exact) mass is 274 g/mol. The van der Waals surface area contributed by atoms with Crippen LogP contribution in [-0.2, 0) is 0 Å². The van der Waals surface area contributed by atoms with Gasteiger partial charge >= 0.3 is 0 Å². The summed E-state index contributed by atoms with van der Waals surface area (Å²) in [4.78, 5) is 0. The maximum atomic E-state index is 10.1. The summed E-state index contributed by atoms with van der Waals surface area (Å²) in [6.07, 6.45) is -0.535. The zero-order valence-corrected chi connectivity index (χ0v) is 12.0. The number of hydrogen-bond donors (Lipinski definition) is 1. The van der Waals surface area contributed by atoms with Gasteiger partial charge in [0, 0.05) is 16.3 Å². The van der Waals surface area contributed by atoms with Crippen LogP contribution in [-0.4, -0.2) is 23.7 Å². The Morgan fingerprint density at radius 2 is 2.06 bits per heavy atom. The van der Waals surface area contributed by atoms with Gasteiger partial charge in [0.25, 0.3) is 0 Å². The molecule has 0 heterocycles. The molecule has 0 aliphatic heterocycles. The molecule has 0 saturated carbocycles. The summed E-state index contributed by atoms with van der Waals surface area (Å²) in [6.45, 7) is 4.33. The maximum Gasteiger partial charge on any atom is 0.124 e. The minimum Gasteiger partial charge on any atom is -0.496 e. The second-order valence-corrected chi connectivity index (χ2v) is 5.84. The highest BCUT2D eigenvalue weighted by Crippen LogP contribution is 2.30. The van der Waals surface area contributed by atoms with Gasteiger partial charge in [-0.2, -0.15) is 11.8 Å². The number of thioether (sulfide) groups is 1. The molecule has 0 aliphatic carbocycles. The third-order valence-corrected chi connectivity index (χ3v) is 3.97. The van der Waals surface area contributed by atoms with E-state index in [0.717, 1.165) is 11.3 Å². The molecule has 0 amide bonds. The highest BCUT2D eigenvalue weighted by atomic mass is 35.5. The highest BCUT2D eigenvalue weighted by molar-refractivity contribution is 7.99. The lowest BCUT2D eigenvalue weighted by molar-refractivity contribution is 0.199. The van der Waals surface area contributed by atoms with Crippen molar-refractivity contribution >= 4 is 23.4 Å². The van der Waals surface area contributed by atoms with Crippen molar-refractivity contribution in [3.8, 4) is 5.75 Å². The molecule has 0 aromatic heterocycles. The van der Waals surface area contributed by atoms with E-state index in [2.05, 4.69) is 13.8 Å². The van der Waals surface area contributed by atoms with Gasteiger partial charge in [-0.15, -0.1) is 0 Å². The van der Waals surface area contributed by atoms with E-state index >= 15 is 0 Å². The van der Waals surface area contributed by atoms with E-state index in [-0.39, 0.29) is 0 Å². The predicted octanol–water partition coefficient (Wildman–Crippen LogP) is 3.77. The topological polar surface area (TPSA) is 29.5 Å². The molecule has 0 fully saturated rings. The van der Waals surface area contributed by atoms with Gasteiger partial charge in [0.1, 0.15) is 5.75 Å². The number of aliphatic hydroxyl groups is 1. The third kappa shape index (κ3) is 4.78. The van der Waals surface area contributed by atoms with Crippen LogP contribution < -0.4 is 4.74 Å². The Labute approximate surface area is 112 Å². The average molecular weight is 275 g/mol. The Bertz CT molecular complexity index is 355. The average Bonchev–Trinajstić information content (AvgIpc) is 2.28. The van der Waals surface area contributed by atoms with Crippen molar-refractivity contribution in [1.29, 1.82) is 0 Å². The fourth-order valence-electron chi connectivity index (χ4n) is 1.47. The van der Waals surface area contributed by atoms with Gasteiger partial charge in [0.15, 0.2) is 0 Å². The maximum absolute atomic E-state index is 10.1. The van der Waals surface area contributed by atoms with Crippen molar-refractivity contribution in [2.24, 2.45) is 5.92 Å². The van der Waals surface area contributed by atoms with Crippen molar-refractivity contribution < 1.29 is 9.84 Å². The summed E-state index contributed by atoms with van der Waals surface area (Å²) in [5.41, 5.74) is 0.760. The number of rotatable bonds is 6. The Kier molecular flexibility index (Phi) is 6.17. The van der Waals surface area contributed by atoms with Crippen LogP contribution in [0, 0.1) is 5.92 Å². The molecular weight excluding hydrogens is 256 g/mol. The van der Waals surface area contributed by atoms with Gasteiger partial charge in [0.2, 0.25) is 0 Å². The highest BCUT2D eigenvalue weighted by Gasteiger charge is 2.14. The molecule has 1 atom stereocenters. The van der Waals surface area contributed by atoms with Gasteiger partial charge in [-0.1, -0.05) is 25.4 Å². The van der Waals surface area contributed by atoms with Crippen LogP contribution in [0.2, 0.25) is 5.02 Å². The van der Waals surface area contributed by atoms with Gasteiger partial charge in [-0.3, -0.25) is 0 Å². The molecule has 96 valence electrons. The minimum atomic E-state index is -0.535. The molecule has 1 unspecified atom stereocenters. The molecule has 0 radical (unpaired) electrons. The summed E-state index contributed by atoms with van der Waals surface area (Å²) in [5, 5.41) is 10.7. The van der Waals surface area contributed by atoms with Gasteiger partial charge in [0.05, 0.1) is 13.2 Å². The summed E-state index contributed by atoms with van der Waals surface area (Å²) >= 11 is 7.67. The first kappa shape index (κ1) is 14.7. The van der Waals surface area contributed by atoms with Crippen LogP contribution in [0.5, 0.6) is 5.75 Å². The van der Waals surface area contributed by atoms with Crippen molar-refractivity contribution in [3.63, 3.8) is 0 Å². The molecule has 1 rings (SSSR count). The van der Waals surface area contributed by atoms with Crippen LogP contribution in [0.25, 0.3) is 0 Å². The van der Waals surface area contributed by atoms with Crippen LogP contribution in [0.3, 0.4) is 0 Å². The number of ether oxygens (including phenoxy) is 1. The van der Waals surface area contributed by atoms with E-state index in [4.69, 9.17) is 16.3 Å². The number of benzene rings is 1. The van der Waals surface area contributed by atoms with Crippen LogP contribution in [0.4, 0.5) is 0 Å². The molecule has 1 N–H and O–H groups in total. The Hall–Kier alpha value is -0.380. The van der Waals surface area contributed by atoms with Crippen molar-refractivity contribution in [2.75, 3.05) is 18.6 Å². The quantitative estimate of drug-likeness (QED) is 0.856. The van der Waals surface area contributed by atoms with Crippen LogP contribution in [0.1, 0.15) is 25.5 Å². The van der Waals surface area contributed by atoms with Gasteiger partial charge in [-0.05, 0) is 29.9 Å². The minimum absolute atomic E-state index is 0.535. The lowest BCUT2D eigenvalue weighted by Gasteiger charge is -2.15. The fourth-order valence-corrected chi connectivity index (χ4v) is 2.66. The normalized spacial score (nSPS) is 12.8. The van der Waals surface area contributed by atoms with Gasteiger partial charge in [-0.25, -0.2) is 0 Å². The SMILES string of the molecule is COc1ccc(Cl)cc1C(O)CSCC(C)C. The first-order chi connectivity index (χ1) is 8.04. The van der Waals surface area contributed by atoms with E-state index in [1.165, 1.54) is 0 Å². The van der Waals surface area contributed by atoms with Crippen molar-refractivity contribution in [2.45, 2.75) is 20.0 Å². The summed E-state index contributed by atoms with van der Waals surface area (Å²) < 4.78 is 5.22. The summed E-state index contributed by atoms with van der Waals surface area (Å²) in [5.74, 6) is 3.02. The summed E-state index contributed by atoms with van der Waals surface area (Å²) in [7, 11) is 1.60. The van der Waals surface area contributed by atoms with Crippen LogP contribution in [0.15, 0.2) is 18.2 Å². The molecule has 2 nitrogen and oxygen atoms in total. The fraction of sp³-hybridized carbons (Fsp3) is 0.538. The molecule has 0 saturated heterocycles. The number of hydrogen-bond acceptors (Lipinski definition) is 3. The zero-order valence-electron chi connectivity index (χ0n) is 10.4. The standard InChI is InChI=1S/C13H19ClO2S/c1-9(2)7-17-8-12(15)11-6-10(14)4-5-13(11)16-3/h4-6,9,12,15H,7-8H2,1-3H3. The third-order valence-electron chi connectivity index (χ3n) is 2.28. The van der Waals surface area contributed by atoms with E-state index in [9.17, 15) is 5.11 Å². The van der Waals surface area contributed by atoms with Crippen molar-refractivity contribution in [1.82, 2.24) is 0 Å². The number of methoxy groups -OCH3 is 1. The van der Waals surface area contributed by atoms with Crippen molar-refractivity contribution in [3.05, 3.63) is 28.8 Å². The molecule has 1 aromatic rings. The molecule has 0 aliphatic rings. The van der Waals surface area contributed by atoms with E-state index in [1.807, 2.05) is 0 Å². The molecular formula is C13H19ClO2S. The number of aliphatic hydroxyl groups excluding tert-OH is 1. The molecule has 0 spiro atoms. The lowest BCUT2D eigenvalue weighted by Crippen LogP contribution is -2.05. The zero-order chi connectivity index (χ0) is 12.8. The lowest BCUT2D eigenvalue weighted by atomic mass is 10.1. The Morgan fingerprint density at radius 1 is 1.35 bits per heavy atom. The first-order valence-electron chi connectivity index (χ1n) is 5.63. The van der Waals surface area contributed by atoms with Crippen LogP contribution >= 0.6 is 23.4 Å². The second-order valence-electron chi connectivity index (χ2n) is 4.33. The molecule has 4 heteroatoms. The Morgan fingerprint density at radius 3 is 2.65 bits per heavy atom. The number of halogens is 1. The van der Waals surface area contributed by atoms with E-state index in [1.54, 1.807) is 37.1 Å². The Balaban J connectivity index is 2.66. The second kappa shape index (κ2) is 7.14. The first-order valence-corrected chi connectivity index (χ1v) is 7.17. The van der Waals surface area contributed by atoms with E-state index < -0.39 is 6.10 Å². The molecule has 17 heavy (non-hydrogen) atoms. The van der Waals surface area contributed by atoms with Gasteiger partial charge < -0.3 is 9.84 Å². The largest absolute Gasteiger partial charge is 0.496 e. The predicted molar refractivity (Wildman–Crippen MR) is 75.1 cm³/mol. The smallest absolute Gasteiger partial charge is 0.124 e. The molecule has 1 aromatic carbocycles.